The topological polar surface area (TPSA) is 130 Å². The number of rotatable bonds is 5. The van der Waals surface area contributed by atoms with Crippen molar-refractivity contribution in [1.82, 2.24) is 15.4 Å². The van der Waals surface area contributed by atoms with Gasteiger partial charge >= 0.3 is 0 Å². The van der Waals surface area contributed by atoms with Gasteiger partial charge in [0.25, 0.3) is 11.2 Å². The van der Waals surface area contributed by atoms with E-state index in [4.69, 9.17) is 0 Å². The molecule has 1 aromatic carbocycles. The highest BCUT2D eigenvalue weighted by Gasteiger charge is 2.13. The fourth-order valence-corrected chi connectivity index (χ4v) is 3.52. The standard InChI is InChI=1S/C17H15N5O4S/c1-9-10(2)27-17-15(9)16(24)19-13(20-17)7-14(23)21-18-8-11-4-3-5-12(6-11)22(25)26/h3-6,8H,7H2,1-2H3,(H,21,23)(H,19,20,24)/b18-8-. The molecule has 2 heterocycles. The molecule has 138 valence electrons. The van der Waals surface area contributed by atoms with Crippen LogP contribution in [0.2, 0.25) is 0 Å². The van der Waals surface area contributed by atoms with Crippen LogP contribution in [0.1, 0.15) is 21.8 Å². The van der Waals surface area contributed by atoms with Crippen LogP contribution >= 0.6 is 11.3 Å². The molecule has 0 aliphatic heterocycles. The van der Waals surface area contributed by atoms with Gasteiger partial charge in [-0.25, -0.2) is 10.4 Å². The monoisotopic (exact) mass is 385 g/mol. The second-order valence-corrected chi connectivity index (χ2v) is 7.00. The third-order valence-corrected chi connectivity index (χ3v) is 5.00. The Bertz CT molecular complexity index is 1130. The number of aromatic nitrogens is 2. The van der Waals surface area contributed by atoms with Gasteiger partial charge in [0.1, 0.15) is 10.7 Å². The van der Waals surface area contributed by atoms with Crippen LogP contribution in [0, 0.1) is 24.0 Å². The normalized spacial score (nSPS) is 11.2. The minimum atomic E-state index is -0.512. The van der Waals surface area contributed by atoms with Crippen LogP contribution in [-0.4, -0.2) is 27.0 Å². The molecule has 0 aliphatic rings. The molecule has 9 nitrogen and oxygen atoms in total. The summed E-state index contributed by atoms with van der Waals surface area (Å²) in [6.45, 7) is 3.77. The maximum Gasteiger partial charge on any atom is 0.270 e. The number of hydrazone groups is 1. The summed E-state index contributed by atoms with van der Waals surface area (Å²) in [7, 11) is 0. The molecular formula is C17H15N5O4S. The first-order chi connectivity index (χ1) is 12.8. The molecule has 0 bridgehead atoms. The van der Waals surface area contributed by atoms with Gasteiger partial charge in [0.2, 0.25) is 5.91 Å². The fourth-order valence-electron chi connectivity index (χ4n) is 2.47. The Balaban J connectivity index is 1.69. The highest BCUT2D eigenvalue weighted by Crippen LogP contribution is 2.25. The van der Waals surface area contributed by atoms with E-state index >= 15 is 0 Å². The van der Waals surface area contributed by atoms with Gasteiger partial charge in [0.15, 0.2) is 0 Å². The van der Waals surface area contributed by atoms with E-state index < -0.39 is 10.8 Å². The molecule has 0 radical (unpaired) electrons. The zero-order valence-corrected chi connectivity index (χ0v) is 15.3. The molecule has 0 spiro atoms. The number of hydrogen-bond donors (Lipinski definition) is 2. The quantitative estimate of drug-likeness (QED) is 0.395. The van der Waals surface area contributed by atoms with Crippen LogP contribution < -0.4 is 11.0 Å². The first-order valence-corrected chi connectivity index (χ1v) is 8.72. The van der Waals surface area contributed by atoms with Crippen LogP contribution in [-0.2, 0) is 11.2 Å². The van der Waals surface area contributed by atoms with Crippen molar-refractivity contribution in [3.8, 4) is 0 Å². The van der Waals surface area contributed by atoms with Crippen molar-refractivity contribution in [3.63, 3.8) is 0 Å². The summed E-state index contributed by atoms with van der Waals surface area (Å²) in [5.74, 6) is -0.221. The minimum absolute atomic E-state index is 0.0677. The molecule has 3 aromatic rings. The Morgan fingerprint density at radius 2 is 2.22 bits per heavy atom. The number of non-ortho nitro benzene ring substituents is 1. The largest absolute Gasteiger partial charge is 0.309 e. The van der Waals surface area contributed by atoms with Crippen molar-refractivity contribution in [3.05, 3.63) is 66.6 Å². The van der Waals surface area contributed by atoms with E-state index in [0.717, 1.165) is 10.4 Å². The summed E-state index contributed by atoms with van der Waals surface area (Å²) in [4.78, 5) is 43.0. The number of thiophene rings is 1. The van der Waals surface area contributed by atoms with Crippen LogP contribution in [0.15, 0.2) is 34.2 Å². The predicted molar refractivity (Wildman–Crippen MR) is 102 cm³/mol. The zero-order valence-electron chi connectivity index (χ0n) is 14.5. The highest BCUT2D eigenvalue weighted by atomic mass is 32.1. The summed E-state index contributed by atoms with van der Waals surface area (Å²) in [6.07, 6.45) is 1.16. The maximum absolute atomic E-state index is 12.2. The summed E-state index contributed by atoms with van der Waals surface area (Å²) in [5, 5.41) is 15.1. The summed E-state index contributed by atoms with van der Waals surface area (Å²) in [5.41, 5.74) is 3.34. The third kappa shape index (κ3) is 4.06. The molecule has 0 saturated carbocycles. The number of H-pyrrole nitrogens is 1. The molecule has 0 fully saturated rings. The Morgan fingerprint density at radius 1 is 1.44 bits per heavy atom. The van der Waals surface area contributed by atoms with Crippen LogP contribution in [0.5, 0.6) is 0 Å². The zero-order chi connectivity index (χ0) is 19.6. The number of aromatic amines is 1. The SMILES string of the molecule is Cc1sc2nc(CC(=O)N/N=C\c3cccc([N+](=O)[O-])c3)[nH]c(=O)c2c1C. The molecule has 10 heteroatoms. The van der Waals surface area contributed by atoms with E-state index in [1.807, 2.05) is 13.8 Å². The number of aryl methyl sites for hydroxylation is 2. The van der Waals surface area contributed by atoms with E-state index in [9.17, 15) is 19.7 Å². The first kappa shape index (κ1) is 18.4. The van der Waals surface area contributed by atoms with Crippen LogP contribution in [0.3, 0.4) is 0 Å². The van der Waals surface area contributed by atoms with Gasteiger partial charge < -0.3 is 4.98 Å². The van der Waals surface area contributed by atoms with Gasteiger partial charge in [0.05, 0.1) is 22.9 Å². The molecule has 0 unspecified atom stereocenters. The lowest BCUT2D eigenvalue weighted by Gasteiger charge is -2.01. The number of fused-ring (bicyclic) bond motifs is 1. The Hall–Kier alpha value is -3.40. The van der Waals surface area contributed by atoms with Crippen molar-refractivity contribution in [1.29, 1.82) is 0 Å². The van der Waals surface area contributed by atoms with E-state index in [1.165, 1.54) is 35.8 Å². The van der Waals surface area contributed by atoms with Crippen molar-refractivity contribution < 1.29 is 9.72 Å². The number of nitrogens with one attached hydrogen (secondary N) is 2. The van der Waals surface area contributed by atoms with Gasteiger partial charge in [-0.1, -0.05) is 12.1 Å². The smallest absolute Gasteiger partial charge is 0.270 e. The highest BCUT2D eigenvalue weighted by molar-refractivity contribution is 7.18. The van der Waals surface area contributed by atoms with E-state index in [0.29, 0.717) is 15.8 Å². The van der Waals surface area contributed by atoms with Gasteiger partial charge in [-0.15, -0.1) is 11.3 Å². The Labute approximate surface area is 156 Å². The average molecular weight is 385 g/mol. The molecule has 2 aromatic heterocycles. The number of nitro groups is 1. The molecule has 0 atom stereocenters. The summed E-state index contributed by atoms with van der Waals surface area (Å²) in [6, 6.07) is 5.85. The van der Waals surface area contributed by atoms with E-state index in [1.54, 1.807) is 6.07 Å². The summed E-state index contributed by atoms with van der Waals surface area (Å²) < 4.78 is 0. The number of carbonyl (C=O) groups excluding carboxylic acids is 1. The van der Waals surface area contributed by atoms with Gasteiger partial charge in [0, 0.05) is 22.6 Å². The summed E-state index contributed by atoms with van der Waals surface area (Å²) >= 11 is 1.41. The lowest BCUT2D eigenvalue weighted by molar-refractivity contribution is -0.384. The minimum Gasteiger partial charge on any atom is -0.309 e. The van der Waals surface area contributed by atoms with E-state index in [-0.39, 0.29) is 23.5 Å². The second kappa shape index (κ2) is 7.46. The van der Waals surface area contributed by atoms with Crippen molar-refractivity contribution in [2.45, 2.75) is 20.3 Å². The van der Waals surface area contributed by atoms with Gasteiger partial charge in [-0.2, -0.15) is 5.10 Å². The maximum atomic E-state index is 12.2. The first-order valence-electron chi connectivity index (χ1n) is 7.90. The molecule has 3 rings (SSSR count). The van der Waals surface area contributed by atoms with Gasteiger partial charge in [-0.3, -0.25) is 19.7 Å². The lowest BCUT2D eigenvalue weighted by Crippen LogP contribution is -2.23. The number of nitrogens with zero attached hydrogens (tertiary/aromatic N) is 3. The second-order valence-electron chi connectivity index (χ2n) is 5.80. The molecular weight excluding hydrogens is 370 g/mol. The molecule has 0 saturated heterocycles. The molecule has 1 amide bonds. The molecule has 2 N–H and O–H groups in total. The van der Waals surface area contributed by atoms with Crippen LogP contribution in [0.4, 0.5) is 5.69 Å². The number of carbonyl (C=O) groups is 1. The molecule has 0 aliphatic carbocycles. The predicted octanol–water partition coefficient (Wildman–Crippen LogP) is 2.20. The third-order valence-electron chi connectivity index (χ3n) is 3.90. The number of amides is 1. The fraction of sp³-hybridized carbons (Fsp3) is 0.176. The van der Waals surface area contributed by atoms with Crippen LogP contribution in [0.25, 0.3) is 10.2 Å². The lowest BCUT2D eigenvalue weighted by atomic mass is 10.2. The van der Waals surface area contributed by atoms with E-state index in [2.05, 4.69) is 20.5 Å². The van der Waals surface area contributed by atoms with Gasteiger partial charge in [-0.05, 0) is 19.4 Å². The Morgan fingerprint density at radius 3 is 2.96 bits per heavy atom. The number of nitro benzene ring substituents is 1. The number of benzene rings is 1. The van der Waals surface area contributed by atoms with Crippen molar-refractivity contribution in [2.75, 3.05) is 0 Å². The van der Waals surface area contributed by atoms with Crippen molar-refractivity contribution >= 4 is 39.4 Å². The van der Waals surface area contributed by atoms with Crippen molar-refractivity contribution in [2.24, 2.45) is 5.10 Å². The molecule has 27 heavy (non-hydrogen) atoms. The Kier molecular flexibility index (Phi) is 5.08. The number of hydrogen-bond acceptors (Lipinski definition) is 7. The average Bonchev–Trinajstić information content (AvgIpc) is 2.89.